The zero-order valence-electron chi connectivity index (χ0n) is 9.73. The van der Waals surface area contributed by atoms with Crippen molar-refractivity contribution in [3.05, 3.63) is 58.3 Å². The Kier molecular flexibility index (Phi) is 3.99. The maximum Gasteiger partial charge on any atom is 0.165 e. The molecule has 0 aromatic heterocycles. The molecule has 2 nitrogen and oxygen atoms in total. The molecule has 2 rings (SSSR count). The SMILES string of the molecule is C[C@H](O)c1ccccc1Oc1cc(Br)ccc1F. The smallest absolute Gasteiger partial charge is 0.165 e. The van der Waals surface area contributed by atoms with Crippen molar-refractivity contribution in [1.82, 2.24) is 0 Å². The molecule has 4 heteroatoms. The Morgan fingerprint density at radius 3 is 2.61 bits per heavy atom. The van der Waals surface area contributed by atoms with Gasteiger partial charge in [0.1, 0.15) is 5.75 Å². The van der Waals surface area contributed by atoms with E-state index in [9.17, 15) is 9.50 Å². The lowest BCUT2D eigenvalue weighted by Crippen LogP contribution is -1.96. The third-order valence-corrected chi connectivity index (χ3v) is 2.98. The van der Waals surface area contributed by atoms with E-state index >= 15 is 0 Å². The molecule has 0 bridgehead atoms. The predicted octanol–water partition coefficient (Wildman–Crippen LogP) is 4.43. The zero-order valence-corrected chi connectivity index (χ0v) is 11.3. The topological polar surface area (TPSA) is 29.5 Å². The van der Waals surface area contributed by atoms with E-state index in [-0.39, 0.29) is 5.75 Å². The molecule has 0 aliphatic heterocycles. The van der Waals surface area contributed by atoms with E-state index in [0.717, 1.165) is 4.47 Å². The Hall–Kier alpha value is -1.39. The third-order valence-electron chi connectivity index (χ3n) is 2.48. The van der Waals surface area contributed by atoms with Gasteiger partial charge >= 0.3 is 0 Å². The highest BCUT2D eigenvalue weighted by Crippen LogP contribution is 2.32. The number of halogens is 2. The van der Waals surface area contributed by atoms with Crippen molar-refractivity contribution in [1.29, 1.82) is 0 Å². The molecule has 0 fully saturated rings. The summed E-state index contributed by atoms with van der Waals surface area (Å²) in [5.41, 5.74) is 0.622. The van der Waals surface area contributed by atoms with Crippen LogP contribution in [0.3, 0.4) is 0 Å². The number of para-hydroxylation sites is 1. The standard InChI is InChI=1S/C14H12BrFO2/c1-9(17)11-4-2-3-5-13(11)18-14-8-10(15)6-7-12(14)16/h2-9,17H,1H3/t9-/m0/s1. The van der Waals surface area contributed by atoms with Gasteiger partial charge in [-0.3, -0.25) is 0 Å². The minimum absolute atomic E-state index is 0.123. The number of hydrogen-bond donors (Lipinski definition) is 1. The molecule has 0 aliphatic carbocycles. The van der Waals surface area contributed by atoms with Crippen molar-refractivity contribution in [3.8, 4) is 11.5 Å². The Labute approximate surface area is 113 Å². The van der Waals surface area contributed by atoms with E-state index < -0.39 is 11.9 Å². The summed E-state index contributed by atoms with van der Waals surface area (Å²) in [5, 5.41) is 9.62. The average molecular weight is 311 g/mol. The number of aliphatic hydroxyl groups is 1. The van der Waals surface area contributed by atoms with Crippen LogP contribution in [-0.2, 0) is 0 Å². The molecular formula is C14H12BrFO2. The first-order valence-corrected chi connectivity index (χ1v) is 6.27. The highest BCUT2D eigenvalue weighted by atomic mass is 79.9. The lowest BCUT2D eigenvalue weighted by atomic mass is 10.1. The normalized spacial score (nSPS) is 12.2. The molecule has 1 atom stereocenters. The summed E-state index contributed by atoms with van der Waals surface area (Å²) >= 11 is 3.26. The monoisotopic (exact) mass is 310 g/mol. The van der Waals surface area contributed by atoms with Gasteiger partial charge in [0.05, 0.1) is 6.10 Å². The molecule has 2 aromatic carbocycles. The minimum atomic E-state index is -0.670. The Bertz CT molecular complexity index is 555. The van der Waals surface area contributed by atoms with Crippen LogP contribution in [0, 0.1) is 5.82 Å². The van der Waals surface area contributed by atoms with Crippen molar-refractivity contribution < 1.29 is 14.2 Å². The Balaban J connectivity index is 2.37. The van der Waals surface area contributed by atoms with Crippen molar-refractivity contribution in [2.75, 3.05) is 0 Å². The number of aliphatic hydroxyl groups excluding tert-OH is 1. The first-order chi connectivity index (χ1) is 8.58. The van der Waals surface area contributed by atoms with Crippen molar-refractivity contribution in [3.63, 3.8) is 0 Å². The highest BCUT2D eigenvalue weighted by Gasteiger charge is 2.11. The van der Waals surface area contributed by atoms with E-state index in [0.29, 0.717) is 11.3 Å². The van der Waals surface area contributed by atoms with Crippen LogP contribution in [0.1, 0.15) is 18.6 Å². The lowest BCUT2D eigenvalue weighted by Gasteiger charge is -2.13. The van der Waals surface area contributed by atoms with Gasteiger partial charge in [-0.05, 0) is 31.2 Å². The summed E-state index contributed by atoms with van der Waals surface area (Å²) in [6, 6.07) is 11.5. The van der Waals surface area contributed by atoms with Crippen LogP contribution in [0.5, 0.6) is 11.5 Å². The van der Waals surface area contributed by atoms with Crippen molar-refractivity contribution in [2.24, 2.45) is 0 Å². The highest BCUT2D eigenvalue weighted by molar-refractivity contribution is 9.10. The molecule has 0 saturated carbocycles. The van der Waals surface area contributed by atoms with Crippen LogP contribution in [0.15, 0.2) is 46.9 Å². The van der Waals surface area contributed by atoms with Gasteiger partial charge in [-0.2, -0.15) is 0 Å². The molecule has 0 heterocycles. The summed E-state index contributed by atoms with van der Waals surface area (Å²) in [6.07, 6.45) is -0.670. The summed E-state index contributed by atoms with van der Waals surface area (Å²) in [6.45, 7) is 1.64. The second kappa shape index (κ2) is 5.50. The fraction of sp³-hybridized carbons (Fsp3) is 0.143. The molecule has 0 saturated heterocycles. The maximum absolute atomic E-state index is 13.6. The largest absolute Gasteiger partial charge is 0.454 e. The molecule has 1 N–H and O–H groups in total. The molecule has 0 spiro atoms. The second-order valence-electron chi connectivity index (χ2n) is 3.89. The fourth-order valence-electron chi connectivity index (χ4n) is 1.59. The predicted molar refractivity (Wildman–Crippen MR) is 71.2 cm³/mol. The second-order valence-corrected chi connectivity index (χ2v) is 4.81. The summed E-state index contributed by atoms with van der Waals surface area (Å²) in [7, 11) is 0. The first kappa shape index (κ1) is 13.1. The minimum Gasteiger partial charge on any atom is -0.454 e. The van der Waals surface area contributed by atoms with E-state index in [1.165, 1.54) is 6.07 Å². The van der Waals surface area contributed by atoms with Crippen LogP contribution in [0.4, 0.5) is 4.39 Å². The Morgan fingerprint density at radius 2 is 1.89 bits per heavy atom. The lowest BCUT2D eigenvalue weighted by molar-refractivity contribution is 0.195. The van der Waals surface area contributed by atoms with Gasteiger partial charge in [0.25, 0.3) is 0 Å². The summed E-state index contributed by atoms with van der Waals surface area (Å²) < 4.78 is 19.8. The van der Waals surface area contributed by atoms with Crippen molar-refractivity contribution >= 4 is 15.9 Å². The van der Waals surface area contributed by atoms with Crippen LogP contribution >= 0.6 is 15.9 Å². The van der Waals surface area contributed by atoms with E-state index in [2.05, 4.69) is 15.9 Å². The summed E-state index contributed by atoms with van der Waals surface area (Å²) in [5.74, 6) is 0.126. The Morgan fingerprint density at radius 1 is 1.17 bits per heavy atom. The fourth-order valence-corrected chi connectivity index (χ4v) is 1.93. The number of benzene rings is 2. The molecular weight excluding hydrogens is 299 g/mol. The summed E-state index contributed by atoms with van der Waals surface area (Å²) in [4.78, 5) is 0. The van der Waals surface area contributed by atoms with Crippen LogP contribution in [0.25, 0.3) is 0 Å². The van der Waals surface area contributed by atoms with Gasteiger partial charge in [0.2, 0.25) is 0 Å². The van der Waals surface area contributed by atoms with Gasteiger partial charge in [0, 0.05) is 10.0 Å². The van der Waals surface area contributed by atoms with Gasteiger partial charge in [0.15, 0.2) is 11.6 Å². The van der Waals surface area contributed by atoms with Crippen LogP contribution in [0.2, 0.25) is 0 Å². The van der Waals surface area contributed by atoms with Gasteiger partial charge in [-0.1, -0.05) is 34.1 Å². The quantitative estimate of drug-likeness (QED) is 0.908. The molecule has 0 aliphatic rings. The zero-order chi connectivity index (χ0) is 13.1. The van der Waals surface area contributed by atoms with Gasteiger partial charge in [-0.15, -0.1) is 0 Å². The van der Waals surface area contributed by atoms with Gasteiger partial charge in [-0.25, -0.2) is 4.39 Å². The number of rotatable bonds is 3. The van der Waals surface area contributed by atoms with E-state index in [4.69, 9.17) is 4.74 Å². The number of ether oxygens (including phenoxy) is 1. The third kappa shape index (κ3) is 2.89. The molecule has 0 amide bonds. The molecule has 0 radical (unpaired) electrons. The van der Waals surface area contributed by atoms with E-state index in [1.807, 2.05) is 0 Å². The molecule has 0 unspecified atom stereocenters. The van der Waals surface area contributed by atoms with Crippen LogP contribution in [-0.4, -0.2) is 5.11 Å². The van der Waals surface area contributed by atoms with Crippen molar-refractivity contribution in [2.45, 2.75) is 13.0 Å². The molecule has 18 heavy (non-hydrogen) atoms. The average Bonchev–Trinajstić information content (AvgIpc) is 2.34. The van der Waals surface area contributed by atoms with Crippen LogP contribution < -0.4 is 4.74 Å². The molecule has 2 aromatic rings. The number of hydrogen-bond acceptors (Lipinski definition) is 2. The first-order valence-electron chi connectivity index (χ1n) is 5.48. The van der Waals surface area contributed by atoms with Gasteiger partial charge < -0.3 is 9.84 Å². The molecule has 94 valence electrons. The maximum atomic E-state index is 13.6. The van der Waals surface area contributed by atoms with E-state index in [1.54, 1.807) is 43.3 Å².